The van der Waals surface area contributed by atoms with Crippen LogP contribution >= 0.6 is 0 Å². The van der Waals surface area contributed by atoms with E-state index < -0.39 is 23.3 Å². The quantitative estimate of drug-likeness (QED) is 0.189. The second-order valence-corrected chi connectivity index (χ2v) is 15.8. The van der Waals surface area contributed by atoms with E-state index in [1.54, 1.807) is 4.90 Å². The second kappa shape index (κ2) is 15.2. The highest BCUT2D eigenvalue weighted by atomic mass is 16.6. The average molecular weight is 706 g/mol. The first-order valence-corrected chi connectivity index (χ1v) is 18.3. The highest BCUT2D eigenvalue weighted by Gasteiger charge is 2.37. The van der Waals surface area contributed by atoms with Crippen molar-refractivity contribution in [2.75, 3.05) is 18.4 Å². The third-order valence-corrected chi connectivity index (χ3v) is 9.46. The number of aromatic amines is 1. The first-order valence-electron chi connectivity index (χ1n) is 18.3. The molecule has 2 fully saturated rings. The van der Waals surface area contributed by atoms with Crippen molar-refractivity contribution in [1.82, 2.24) is 19.8 Å². The number of nitrogens with zero attached hydrogens (tertiary/aromatic N) is 3. The Morgan fingerprint density at radius 3 is 2.04 bits per heavy atom. The highest BCUT2D eigenvalue weighted by molar-refractivity contribution is 5.96. The predicted molar refractivity (Wildman–Crippen MR) is 202 cm³/mol. The lowest BCUT2D eigenvalue weighted by molar-refractivity contribution is -0.120. The number of rotatable bonds is 8. The zero-order valence-corrected chi connectivity index (χ0v) is 31.1. The van der Waals surface area contributed by atoms with E-state index in [1.165, 1.54) is 16.0 Å². The number of nitrogens with one attached hydrogen (secondary N) is 2. The third-order valence-electron chi connectivity index (χ3n) is 9.46. The molecule has 4 aromatic rings. The highest BCUT2D eigenvalue weighted by Crippen LogP contribution is 2.34. The number of ether oxygens (including phenoxy) is 2. The number of carbonyl (C=O) groups excluding carboxylic acids is 3. The monoisotopic (exact) mass is 705 g/mol. The van der Waals surface area contributed by atoms with Gasteiger partial charge in [0.1, 0.15) is 23.1 Å². The summed E-state index contributed by atoms with van der Waals surface area (Å²) in [7, 11) is 0. The average Bonchev–Trinajstić information content (AvgIpc) is 3.88. The molecular weight excluding hydrogens is 654 g/mol. The fraction of sp³-hybridized carbons (Fsp3) is 0.429. The van der Waals surface area contributed by atoms with Crippen molar-refractivity contribution < 1.29 is 23.9 Å². The number of hydrogen-bond acceptors (Lipinski definition) is 6. The summed E-state index contributed by atoms with van der Waals surface area (Å²) >= 11 is 0. The van der Waals surface area contributed by atoms with E-state index >= 15 is 0 Å². The van der Waals surface area contributed by atoms with Gasteiger partial charge >= 0.3 is 12.2 Å². The second-order valence-electron chi connectivity index (χ2n) is 15.8. The molecule has 10 heteroatoms. The molecule has 10 nitrogen and oxygen atoms in total. The summed E-state index contributed by atoms with van der Waals surface area (Å²) in [5.41, 5.74) is 4.96. The van der Waals surface area contributed by atoms with Gasteiger partial charge in [0.05, 0.1) is 17.9 Å². The number of carbonyl (C=O) groups is 3. The summed E-state index contributed by atoms with van der Waals surface area (Å²) in [6.07, 6.45) is 4.96. The molecule has 3 aromatic carbocycles. The molecule has 274 valence electrons. The van der Waals surface area contributed by atoms with E-state index in [0.717, 1.165) is 48.3 Å². The Hall–Kier alpha value is -5.12. The van der Waals surface area contributed by atoms with Gasteiger partial charge in [-0.1, -0.05) is 66.7 Å². The molecule has 3 unspecified atom stereocenters. The number of benzene rings is 3. The van der Waals surface area contributed by atoms with Crippen molar-refractivity contribution in [1.29, 1.82) is 0 Å². The Balaban J connectivity index is 1.13. The van der Waals surface area contributed by atoms with Crippen LogP contribution in [0.15, 0.2) is 85.1 Å². The molecule has 52 heavy (non-hydrogen) atoms. The van der Waals surface area contributed by atoms with Crippen LogP contribution < -0.4 is 5.32 Å². The molecule has 3 heterocycles. The van der Waals surface area contributed by atoms with Gasteiger partial charge in [0.15, 0.2) is 0 Å². The van der Waals surface area contributed by atoms with Gasteiger partial charge < -0.3 is 19.8 Å². The largest absolute Gasteiger partial charge is 0.444 e. The Labute approximate surface area is 306 Å². The van der Waals surface area contributed by atoms with Crippen LogP contribution in [0.1, 0.15) is 102 Å². The molecule has 2 aliphatic heterocycles. The predicted octanol–water partition coefficient (Wildman–Crippen LogP) is 8.86. The van der Waals surface area contributed by atoms with E-state index in [1.807, 2.05) is 65.9 Å². The van der Waals surface area contributed by atoms with Crippen LogP contribution in [-0.4, -0.2) is 68.2 Å². The van der Waals surface area contributed by atoms with Gasteiger partial charge in [0, 0.05) is 24.7 Å². The molecule has 6 rings (SSSR count). The minimum absolute atomic E-state index is 0.106. The topological polar surface area (TPSA) is 117 Å². The fourth-order valence-corrected chi connectivity index (χ4v) is 7.02. The molecule has 0 aliphatic carbocycles. The first kappa shape index (κ1) is 36.7. The summed E-state index contributed by atoms with van der Waals surface area (Å²) in [6.45, 7) is 12.3. The van der Waals surface area contributed by atoms with E-state index in [4.69, 9.17) is 9.47 Å². The normalized spacial score (nSPS) is 18.3. The molecule has 0 bridgehead atoms. The van der Waals surface area contributed by atoms with E-state index in [9.17, 15) is 14.4 Å². The van der Waals surface area contributed by atoms with Crippen molar-refractivity contribution in [3.05, 3.63) is 108 Å². The lowest BCUT2D eigenvalue weighted by Gasteiger charge is -2.28. The standard InChI is InChI=1S/C42H51N5O5/c1-41(2,3)51-39(49)46-24-10-14-35(46)37-43-27-34(45-37)31-20-18-30(19-21-31)33(29-12-8-7-9-13-29)26-28-16-22-32(23-17-28)44-38(48)36-15-11-25-47(36)40(50)52-42(4,5)6/h7-9,12-13,16-23,27,33,35-36H,10-11,14-15,24-26H2,1-6H3,(H,43,45)(H,44,48). The van der Waals surface area contributed by atoms with Gasteiger partial charge in [0.25, 0.3) is 0 Å². The molecule has 2 aliphatic rings. The summed E-state index contributed by atoms with van der Waals surface area (Å²) < 4.78 is 11.2. The maximum Gasteiger partial charge on any atom is 0.410 e. The minimum atomic E-state index is -0.622. The number of H-pyrrole nitrogens is 1. The number of anilines is 1. The molecule has 3 atom stereocenters. The van der Waals surface area contributed by atoms with Gasteiger partial charge in [0.2, 0.25) is 5.91 Å². The molecule has 0 radical (unpaired) electrons. The zero-order chi connectivity index (χ0) is 37.0. The zero-order valence-electron chi connectivity index (χ0n) is 31.1. The Morgan fingerprint density at radius 2 is 1.38 bits per heavy atom. The summed E-state index contributed by atoms with van der Waals surface area (Å²) in [4.78, 5) is 50.3. The third kappa shape index (κ3) is 9.02. The van der Waals surface area contributed by atoms with E-state index in [2.05, 4.69) is 75.9 Å². The van der Waals surface area contributed by atoms with Gasteiger partial charge in [-0.15, -0.1) is 0 Å². The lowest BCUT2D eigenvalue weighted by atomic mass is 9.85. The van der Waals surface area contributed by atoms with Crippen LogP contribution in [0, 0.1) is 0 Å². The number of aromatic nitrogens is 2. The molecule has 0 spiro atoms. The first-order chi connectivity index (χ1) is 24.7. The molecule has 2 saturated heterocycles. The molecule has 1 aromatic heterocycles. The van der Waals surface area contributed by atoms with Gasteiger partial charge in [-0.05, 0) is 108 Å². The van der Waals surface area contributed by atoms with Crippen LogP contribution in [0.5, 0.6) is 0 Å². The number of amides is 3. The number of imidazole rings is 1. The van der Waals surface area contributed by atoms with Crippen molar-refractivity contribution >= 4 is 23.8 Å². The van der Waals surface area contributed by atoms with Gasteiger partial charge in [-0.25, -0.2) is 14.6 Å². The minimum Gasteiger partial charge on any atom is -0.444 e. The lowest BCUT2D eigenvalue weighted by Crippen LogP contribution is -2.45. The van der Waals surface area contributed by atoms with E-state index in [-0.39, 0.29) is 24.0 Å². The van der Waals surface area contributed by atoms with Crippen LogP contribution in [0.4, 0.5) is 15.3 Å². The number of hydrogen-bond donors (Lipinski definition) is 2. The Bertz CT molecular complexity index is 1840. The van der Waals surface area contributed by atoms with Crippen LogP contribution in [0.3, 0.4) is 0 Å². The number of likely N-dealkylation sites (tertiary alicyclic amines) is 2. The van der Waals surface area contributed by atoms with Gasteiger partial charge in [-0.2, -0.15) is 0 Å². The SMILES string of the molecule is CC(C)(C)OC(=O)N1CCCC1C(=O)Nc1ccc(CC(c2ccccc2)c2ccc(-c3cnc(C4CCCN4C(=O)OC(C)(C)C)[nH]3)cc2)cc1. The molecular formula is C42H51N5O5. The Morgan fingerprint density at radius 1 is 0.788 bits per heavy atom. The van der Waals surface area contributed by atoms with Crippen LogP contribution in [-0.2, 0) is 20.7 Å². The van der Waals surface area contributed by atoms with Crippen LogP contribution in [0.25, 0.3) is 11.3 Å². The molecule has 0 saturated carbocycles. The van der Waals surface area contributed by atoms with Crippen molar-refractivity contribution in [2.45, 2.75) is 103 Å². The smallest absolute Gasteiger partial charge is 0.410 e. The van der Waals surface area contributed by atoms with Crippen molar-refractivity contribution in [2.24, 2.45) is 0 Å². The summed E-state index contributed by atoms with van der Waals surface area (Å²) in [6, 6.07) is 26.3. The van der Waals surface area contributed by atoms with Crippen molar-refractivity contribution in [3.8, 4) is 11.3 Å². The molecule has 2 N–H and O–H groups in total. The maximum atomic E-state index is 13.2. The van der Waals surface area contributed by atoms with Gasteiger partial charge in [-0.3, -0.25) is 14.6 Å². The summed E-state index contributed by atoms with van der Waals surface area (Å²) in [5, 5.41) is 3.01. The summed E-state index contributed by atoms with van der Waals surface area (Å²) in [5.74, 6) is 0.675. The Kier molecular flexibility index (Phi) is 10.7. The van der Waals surface area contributed by atoms with Crippen molar-refractivity contribution in [3.63, 3.8) is 0 Å². The van der Waals surface area contributed by atoms with Crippen LogP contribution in [0.2, 0.25) is 0 Å². The molecule has 3 amide bonds. The maximum absolute atomic E-state index is 13.2. The fourth-order valence-electron chi connectivity index (χ4n) is 7.02. The van der Waals surface area contributed by atoms with E-state index in [0.29, 0.717) is 25.2 Å².